The molecule has 8 heteroatoms. The summed E-state index contributed by atoms with van der Waals surface area (Å²) < 4.78 is 27.9. The van der Waals surface area contributed by atoms with E-state index >= 15 is 0 Å². The lowest BCUT2D eigenvalue weighted by Crippen LogP contribution is -2.24. The van der Waals surface area contributed by atoms with Gasteiger partial charge >= 0.3 is 0 Å². The Morgan fingerprint density at radius 3 is 2.48 bits per heavy atom. The number of amides is 2. The van der Waals surface area contributed by atoms with Crippen molar-refractivity contribution in [2.45, 2.75) is 31.6 Å². The first-order valence-electron chi connectivity index (χ1n) is 8.58. The Labute approximate surface area is 158 Å². The van der Waals surface area contributed by atoms with Crippen LogP contribution in [0.15, 0.2) is 47.4 Å². The summed E-state index contributed by atoms with van der Waals surface area (Å²) in [6.45, 7) is 3.82. The maximum absolute atomic E-state index is 12.7. The third kappa shape index (κ3) is 4.28. The Morgan fingerprint density at radius 1 is 1.11 bits per heavy atom. The third-order valence-electron chi connectivity index (χ3n) is 4.28. The standard InChI is InChI=1S/C19H21N3O4S/c1-13-11-17(8-9-18(13)22-10-4-7-19(22)24)27(25,26)21-16-6-3-5-15(12-16)20-14(2)23/h3,5-6,8-9,11-12,21H,4,7,10H2,1-2H3,(H,20,23). The van der Waals surface area contributed by atoms with E-state index in [1.165, 1.54) is 13.0 Å². The molecule has 3 rings (SSSR count). The number of anilines is 3. The van der Waals surface area contributed by atoms with Crippen LogP contribution < -0.4 is 14.9 Å². The fraction of sp³-hybridized carbons (Fsp3) is 0.263. The molecule has 1 heterocycles. The maximum atomic E-state index is 12.7. The van der Waals surface area contributed by atoms with Gasteiger partial charge in [-0.3, -0.25) is 14.3 Å². The molecular weight excluding hydrogens is 366 g/mol. The number of carbonyl (C=O) groups excluding carboxylic acids is 2. The third-order valence-corrected chi connectivity index (χ3v) is 5.66. The molecule has 1 saturated heterocycles. The molecule has 0 aliphatic carbocycles. The molecule has 0 atom stereocenters. The minimum atomic E-state index is -3.80. The predicted molar refractivity (Wildman–Crippen MR) is 104 cm³/mol. The van der Waals surface area contributed by atoms with Crippen molar-refractivity contribution in [3.8, 4) is 0 Å². The highest BCUT2D eigenvalue weighted by Gasteiger charge is 2.24. The molecule has 0 unspecified atom stereocenters. The molecule has 0 saturated carbocycles. The van der Waals surface area contributed by atoms with Crippen LogP contribution in [0, 0.1) is 6.92 Å². The fourth-order valence-corrected chi connectivity index (χ4v) is 4.21. The predicted octanol–water partition coefficient (Wildman–Crippen LogP) is 2.88. The summed E-state index contributed by atoms with van der Waals surface area (Å²) in [6, 6.07) is 11.2. The average molecular weight is 387 g/mol. The van der Waals surface area contributed by atoms with Gasteiger partial charge in [0.05, 0.1) is 10.6 Å². The largest absolute Gasteiger partial charge is 0.326 e. The molecule has 0 aromatic heterocycles. The summed E-state index contributed by atoms with van der Waals surface area (Å²) in [5, 5.41) is 2.61. The molecule has 2 amide bonds. The molecule has 0 bridgehead atoms. The van der Waals surface area contributed by atoms with Gasteiger partial charge in [-0.1, -0.05) is 6.07 Å². The van der Waals surface area contributed by atoms with E-state index in [4.69, 9.17) is 0 Å². The van der Waals surface area contributed by atoms with Crippen LogP contribution in [0.25, 0.3) is 0 Å². The van der Waals surface area contributed by atoms with E-state index in [1.54, 1.807) is 48.2 Å². The van der Waals surface area contributed by atoms with Crippen molar-refractivity contribution in [3.63, 3.8) is 0 Å². The van der Waals surface area contributed by atoms with E-state index in [0.29, 0.717) is 24.3 Å². The maximum Gasteiger partial charge on any atom is 0.261 e. The molecule has 142 valence electrons. The minimum Gasteiger partial charge on any atom is -0.326 e. The molecular formula is C19H21N3O4S. The van der Waals surface area contributed by atoms with Crippen LogP contribution in [0.5, 0.6) is 0 Å². The number of hydrogen-bond donors (Lipinski definition) is 2. The van der Waals surface area contributed by atoms with Gasteiger partial charge in [0.25, 0.3) is 10.0 Å². The van der Waals surface area contributed by atoms with E-state index in [2.05, 4.69) is 10.0 Å². The first-order valence-corrected chi connectivity index (χ1v) is 10.1. The van der Waals surface area contributed by atoms with E-state index < -0.39 is 10.0 Å². The molecule has 27 heavy (non-hydrogen) atoms. The SMILES string of the molecule is CC(=O)Nc1cccc(NS(=O)(=O)c2ccc(N3CCCC3=O)c(C)c2)c1. The van der Waals surface area contributed by atoms with Crippen LogP contribution in [0.2, 0.25) is 0 Å². The van der Waals surface area contributed by atoms with Gasteiger partial charge in [-0.05, 0) is 55.3 Å². The quantitative estimate of drug-likeness (QED) is 0.825. The van der Waals surface area contributed by atoms with Crippen molar-refractivity contribution < 1.29 is 18.0 Å². The van der Waals surface area contributed by atoms with Gasteiger partial charge in [-0.2, -0.15) is 0 Å². The topological polar surface area (TPSA) is 95.6 Å². The number of hydrogen-bond acceptors (Lipinski definition) is 4. The molecule has 1 aliphatic rings. The van der Waals surface area contributed by atoms with Crippen molar-refractivity contribution >= 4 is 38.9 Å². The summed E-state index contributed by atoms with van der Waals surface area (Å²) in [7, 11) is -3.80. The number of rotatable bonds is 5. The van der Waals surface area contributed by atoms with Crippen LogP contribution in [0.4, 0.5) is 17.1 Å². The monoisotopic (exact) mass is 387 g/mol. The minimum absolute atomic E-state index is 0.0571. The van der Waals surface area contributed by atoms with E-state index in [1.807, 2.05) is 0 Å². The van der Waals surface area contributed by atoms with Crippen LogP contribution in [-0.4, -0.2) is 26.8 Å². The van der Waals surface area contributed by atoms with Crippen molar-refractivity contribution in [2.75, 3.05) is 21.5 Å². The molecule has 2 aromatic rings. The molecule has 1 aliphatic heterocycles. The highest BCUT2D eigenvalue weighted by Crippen LogP contribution is 2.28. The lowest BCUT2D eigenvalue weighted by atomic mass is 10.2. The van der Waals surface area contributed by atoms with Crippen molar-refractivity contribution in [3.05, 3.63) is 48.0 Å². The van der Waals surface area contributed by atoms with Crippen molar-refractivity contribution in [1.29, 1.82) is 0 Å². The molecule has 2 aromatic carbocycles. The fourth-order valence-electron chi connectivity index (χ4n) is 3.08. The highest BCUT2D eigenvalue weighted by molar-refractivity contribution is 7.92. The van der Waals surface area contributed by atoms with Gasteiger partial charge in [0.15, 0.2) is 0 Å². The van der Waals surface area contributed by atoms with E-state index in [-0.39, 0.29) is 16.7 Å². The Hall–Kier alpha value is -2.87. The Balaban J connectivity index is 1.84. The van der Waals surface area contributed by atoms with E-state index in [0.717, 1.165) is 17.7 Å². The molecule has 0 radical (unpaired) electrons. The smallest absolute Gasteiger partial charge is 0.261 e. The second-order valence-electron chi connectivity index (χ2n) is 6.46. The van der Waals surface area contributed by atoms with Gasteiger partial charge in [-0.15, -0.1) is 0 Å². The second kappa shape index (κ2) is 7.40. The lowest BCUT2D eigenvalue weighted by molar-refractivity contribution is -0.117. The summed E-state index contributed by atoms with van der Waals surface area (Å²) in [5.74, 6) is -0.181. The van der Waals surface area contributed by atoms with Gasteiger partial charge in [0, 0.05) is 31.3 Å². The number of aryl methyl sites for hydroxylation is 1. The number of sulfonamides is 1. The van der Waals surface area contributed by atoms with Gasteiger partial charge in [-0.25, -0.2) is 8.42 Å². The molecule has 1 fully saturated rings. The van der Waals surface area contributed by atoms with Gasteiger partial charge in [0.1, 0.15) is 0 Å². The zero-order chi connectivity index (χ0) is 19.6. The summed E-state index contributed by atoms with van der Waals surface area (Å²) in [5.41, 5.74) is 2.31. The normalized spacial score (nSPS) is 14.3. The van der Waals surface area contributed by atoms with Gasteiger partial charge in [0.2, 0.25) is 11.8 Å². The molecule has 7 nitrogen and oxygen atoms in total. The highest BCUT2D eigenvalue weighted by atomic mass is 32.2. The van der Waals surface area contributed by atoms with Gasteiger partial charge < -0.3 is 10.2 Å². The van der Waals surface area contributed by atoms with Crippen LogP contribution in [-0.2, 0) is 19.6 Å². The summed E-state index contributed by atoms with van der Waals surface area (Å²) in [4.78, 5) is 24.9. The lowest BCUT2D eigenvalue weighted by Gasteiger charge is -2.19. The zero-order valence-electron chi connectivity index (χ0n) is 15.2. The van der Waals surface area contributed by atoms with Crippen molar-refractivity contribution in [2.24, 2.45) is 0 Å². The van der Waals surface area contributed by atoms with Crippen LogP contribution in [0.3, 0.4) is 0 Å². The molecule has 2 N–H and O–H groups in total. The number of nitrogens with one attached hydrogen (secondary N) is 2. The Bertz CT molecular complexity index is 1000. The zero-order valence-corrected chi connectivity index (χ0v) is 16.0. The van der Waals surface area contributed by atoms with E-state index in [9.17, 15) is 18.0 Å². The number of benzene rings is 2. The first kappa shape index (κ1) is 18.9. The molecule has 0 spiro atoms. The Morgan fingerprint density at radius 2 is 1.85 bits per heavy atom. The summed E-state index contributed by atoms with van der Waals surface area (Å²) >= 11 is 0. The van der Waals surface area contributed by atoms with Crippen LogP contribution >= 0.6 is 0 Å². The first-order chi connectivity index (χ1) is 12.8. The van der Waals surface area contributed by atoms with Crippen molar-refractivity contribution in [1.82, 2.24) is 0 Å². The number of nitrogens with zero attached hydrogens (tertiary/aromatic N) is 1. The second-order valence-corrected chi connectivity index (χ2v) is 8.15. The average Bonchev–Trinajstić information content (AvgIpc) is 3.00. The Kier molecular flexibility index (Phi) is 5.18. The number of carbonyl (C=O) groups is 2. The van der Waals surface area contributed by atoms with Crippen LogP contribution in [0.1, 0.15) is 25.3 Å². The summed E-state index contributed by atoms with van der Waals surface area (Å²) in [6.07, 6.45) is 1.33.